The Hall–Kier alpha value is -1.93. The van der Waals surface area contributed by atoms with Crippen LogP contribution in [-0.4, -0.2) is 61.9 Å². The Labute approximate surface area is 184 Å². The molecular formula is C23H34N4O2S. The summed E-state index contributed by atoms with van der Waals surface area (Å²) in [7, 11) is 0. The van der Waals surface area contributed by atoms with E-state index in [2.05, 4.69) is 51.7 Å². The number of nitrogens with zero attached hydrogens (tertiary/aromatic N) is 2. The van der Waals surface area contributed by atoms with Gasteiger partial charge in [0.05, 0.1) is 25.8 Å². The number of morpholine rings is 1. The van der Waals surface area contributed by atoms with Gasteiger partial charge in [0, 0.05) is 26.2 Å². The lowest BCUT2D eigenvalue weighted by molar-refractivity contribution is 0.0169. The van der Waals surface area contributed by atoms with Crippen molar-refractivity contribution in [3.63, 3.8) is 0 Å². The largest absolute Gasteiger partial charge is 0.383 e. The maximum Gasteiger partial charge on any atom is 0.191 e. The molecule has 7 heteroatoms. The number of ether oxygens (including phenoxy) is 1. The number of aliphatic hydroxyl groups is 1. The molecule has 0 bridgehead atoms. The van der Waals surface area contributed by atoms with Crippen molar-refractivity contribution in [1.29, 1.82) is 0 Å². The summed E-state index contributed by atoms with van der Waals surface area (Å²) in [5.74, 6) is 0.721. The van der Waals surface area contributed by atoms with Crippen molar-refractivity contribution >= 4 is 17.3 Å². The van der Waals surface area contributed by atoms with Crippen LogP contribution >= 0.6 is 11.3 Å². The first-order valence-electron chi connectivity index (χ1n) is 10.6. The molecule has 1 saturated heterocycles. The van der Waals surface area contributed by atoms with Crippen LogP contribution in [0.2, 0.25) is 0 Å². The van der Waals surface area contributed by atoms with Crippen molar-refractivity contribution in [2.45, 2.75) is 32.4 Å². The van der Waals surface area contributed by atoms with Gasteiger partial charge in [-0.1, -0.05) is 29.8 Å². The van der Waals surface area contributed by atoms with Gasteiger partial charge in [-0.3, -0.25) is 4.90 Å². The third-order valence-electron chi connectivity index (χ3n) is 5.44. The highest BCUT2D eigenvalue weighted by Gasteiger charge is 2.25. The number of benzene rings is 1. The van der Waals surface area contributed by atoms with Crippen molar-refractivity contribution in [1.82, 2.24) is 15.5 Å². The fraction of sp³-hybridized carbons (Fsp3) is 0.522. The zero-order valence-electron chi connectivity index (χ0n) is 18.2. The van der Waals surface area contributed by atoms with Crippen LogP contribution in [-0.2, 0) is 10.3 Å². The first kappa shape index (κ1) is 22.7. The molecule has 0 saturated carbocycles. The average Bonchev–Trinajstić information content (AvgIpc) is 3.30. The molecule has 2 aromatic rings. The quantitative estimate of drug-likeness (QED) is 0.444. The van der Waals surface area contributed by atoms with Gasteiger partial charge in [0.15, 0.2) is 5.96 Å². The van der Waals surface area contributed by atoms with Gasteiger partial charge in [-0.2, -0.15) is 11.3 Å². The number of rotatable bonds is 8. The highest BCUT2D eigenvalue weighted by atomic mass is 32.1. The standard InChI is InChI=1S/C23H34N4O2S/c1-4-24-22(26-17-23(3,28)20-9-14-30-16-20)25-15-21(27-10-12-29-13-11-27)19-7-5-18(2)6-8-19/h5-9,14,16,21,28H,4,10-13,15,17H2,1-3H3,(H2,24,25,26). The van der Waals surface area contributed by atoms with E-state index in [0.717, 1.165) is 50.9 Å². The van der Waals surface area contributed by atoms with E-state index < -0.39 is 5.60 Å². The van der Waals surface area contributed by atoms with E-state index in [4.69, 9.17) is 4.74 Å². The summed E-state index contributed by atoms with van der Waals surface area (Å²) >= 11 is 1.58. The summed E-state index contributed by atoms with van der Waals surface area (Å²) in [6, 6.07) is 10.9. The second kappa shape index (κ2) is 10.9. The maximum atomic E-state index is 10.8. The molecule has 30 heavy (non-hydrogen) atoms. The van der Waals surface area contributed by atoms with E-state index in [1.165, 1.54) is 11.1 Å². The van der Waals surface area contributed by atoms with Crippen molar-refractivity contribution in [2.24, 2.45) is 4.99 Å². The molecule has 0 radical (unpaired) electrons. The summed E-state index contributed by atoms with van der Waals surface area (Å²) < 4.78 is 5.56. The Balaban J connectivity index is 1.71. The molecule has 0 amide bonds. The molecule has 1 fully saturated rings. The number of thiophene rings is 1. The van der Waals surface area contributed by atoms with E-state index in [0.29, 0.717) is 6.54 Å². The van der Waals surface area contributed by atoms with Gasteiger partial charge in [0.1, 0.15) is 5.60 Å². The van der Waals surface area contributed by atoms with Crippen LogP contribution in [0.5, 0.6) is 0 Å². The van der Waals surface area contributed by atoms with E-state index in [1.807, 2.05) is 30.7 Å². The Morgan fingerprint density at radius 2 is 1.97 bits per heavy atom. The minimum atomic E-state index is -0.983. The lowest BCUT2D eigenvalue weighted by Crippen LogP contribution is -2.46. The summed E-state index contributed by atoms with van der Waals surface area (Å²) in [4.78, 5) is 7.14. The van der Waals surface area contributed by atoms with Crippen LogP contribution in [0.25, 0.3) is 0 Å². The van der Waals surface area contributed by atoms with Gasteiger partial charge in [0.25, 0.3) is 0 Å². The van der Waals surface area contributed by atoms with Crippen LogP contribution in [0.4, 0.5) is 0 Å². The first-order valence-corrected chi connectivity index (χ1v) is 11.6. The number of aliphatic imine (C=N–C) groups is 1. The van der Waals surface area contributed by atoms with Crippen molar-refractivity contribution in [3.05, 3.63) is 57.8 Å². The van der Waals surface area contributed by atoms with Gasteiger partial charge in [-0.05, 0) is 48.7 Å². The molecule has 2 atom stereocenters. The number of nitrogens with one attached hydrogen (secondary N) is 2. The van der Waals surface area contributed by atoms with Crippen LogP contribution in [0.3, 0.4) is 0 Å². The molecule has 164 valence electrons. The Morgan fingerprint density at radius 1 is 1.23 bits per heavy atom. The van der Waals surface area contributed by atoms with E-state index in [-0.39, 0.29) is 6.04 Å². The molecule has 0 spiro atoms. The molecule has 0 aliphatic carbocycles. The fourth-order valence-electron chi connectivity index (χ4n) is 3.57. The number of hydrogen-bond acceptors (Lipinski definition) is 5. The minimum absolute atomic E-state index is 0.232. The minimum Gasteiger partial charge on any atom is -0.383 e. The van der Waals surface area contributed by atoms with Crippen LogP contribution in [0.1, 0.15) is 36.6 Å². The molecule has 2 heterocycles. The zero-order chi connectivity index (χ0) is 21.4. The lowest BCUT2D eigenvalue weighted by Gasteiger charge is -2.35. The summed E-state index contributed by atoms with van der Waals surface area (Å²) in [5, 5.41) is 21.6. The molecule has 3 rings (SSSR count). The molecule has 2 unspecified atom stereocenters. The van der Waals surface area contributed by atoms with Crippen molar-refractivity contribution < 1.29 is 9.84 Å². The molecule has 3 N–H and O–H groups in total. The Kier molecular flexibility index (Phi) is 8.27. The van der Waals surface area contributed by atoms with Crippen molar-refractivity contribution in [2.75, 3.05) is 45.9 Å². The number of aryl methyl sites for hydroxylation is 1. The molecule has 1 aromatic heterocycles. The predicted molar refractivity (Wildman–Crippen MR) is 124 cm³/mol. The second-order valence-corrected chi connectivity index (χ2v) is 8.72. The van der Waals surface area contributed by atoms with E-state index in [1.54, 1.807) is 11.3 Å². The molecule has 6 nitrogen and oxygen atoms in total. The average molecular weight is 431 g/mol. The second-order valence-electron chi connectivity index (χ2n) is 7.94. The molecule has 1 aliphatic heterocycles. The lowest BCUT2D eigenvalue weighted by atomic mass is 10.00. The summed E-state index contributed by atoms with van der Waals surface area (Å²) in [5.41, 5.74) is 2.47. The van der Waals surface area contributed by atoms with Gasteiger partial charge >= 0.3 is 0 Å². The highest BCUT2D eigenvalue weighted by Crippen LogP contribution is 2.24. The summed E-state index contributed by atoms with van der Waals surface area (Å²) in [6.07, 6.45) is 0. The van der Waals surface area contributed by atoms with Gasteiger partial charge in [0.2, 0.25) is 0 Å². The van der Waals surface area contributed by atoms with Crippen LogP contribution < -0.4 is 10.6 Å². The Morgan fingerprint density at radius 3 is 2.60 bits per heavy atom. The van der Waals surface area contributed by atoms with E-state index in [9.17, 15) is 5.11 Å². The molecular weight excluding hydrogens is 396 g/mol. The van der Waals surface area contributed by atoms with Gasteiger partial charge in [-0.25, -0.2) is 4.99 Å². The monoisotopic (exact) mass is 430 g/mol. The zero-order valence-corrected chi connectivity index (χ0v) is 19.0. The van der Waals surface area contributed by atoms with Crippen LogP contribution in [0.15, 0.2) is 46.1 Å². The van der Waals surface area contributed by atoms with Gasteiger partial charge in [-0.15, -0.1) is 0 Å². The smallest absolute Gasteiger partial charge is 0.191 e. The normalized spacial score (nSPS) is 18.6. The first-order chi connectivity index (χ1) is 14.5. The predicted octanol–water partition coefficient (Wildman–Crippen LogP) is 2.89. The summed E-state index contributed by atoms with van der Waals surface area (Å²) in [6.45, 7) is 11.1. The highest BCUT2D eigenvalue weighted by molar-refractivity contribution is 7.08. The maximum absolute atomic E-state index is 10.8. The third kappa shape index (κ3) is 6.28. The third-order valence-corrected chi connectivity index (χ3v) is 6.13. The van der Waals surface area contributed by atoms with Crippen molar-refractivity contribution in [3.8, 4) is 0 Å². The topological polar surface area (TPSA) is 69.1 Å². The van der Waals surface area contributed by atoms with Crippen LogP contribution in [0, 0.1) is 6.92 Å². The fourth-order valence-corrected chi connectivity index (χ4v) is 4.35. The number of guanidine groups is 1. The van der Waals surface area contributed by atoms with E-state index >= 15 is 0 Å². The molecule has 1 aliphatic rings. The Bertz CT molecular complexity index is 784. The SMILES string of the molecule is CCNC(=NCC(C)(O)c1ccsc1)NCC(c1ccc(C)cc1)N1CCOCC1. The number of hydrogen-bond donors (Lipinski definition) is 3. The van der Waals surface area contributed by atoms with Gasteiger partial charge < -0.3 is 20.5 Å². The molecule has 1 aromatic carbocycles.